The second-order valence-corrected chi connectivity index (χ2v) is 5.45. The molecular formula is C14H21ClFN3O. The number of ether oxygens (including phenoxy) is 1. The van der Waals surface area contributed by atoms with E-state index in [2.05, 4.69) is 17.2 Å². The Balaban J connectivity index is 2.04. The van der Waals surface area contributed by atoms with Gasteiger partial charge in [-0.25, -0.2) is 4.39 Å². The first-order chi connectivity index (χ1) is 9.63. The summed E-state index contributed by atoms with van der Waals surface area (Å²) in [5.41, 5.74) is 3.35. The van der Waals surface area contributed by atoms with Gasteiger partial charge in [0.15, 0.2) is 0 Å². The molecule has 4 nitrogen and oxygen atoms in total. The monoisotopic (exact) mass is 301 g/mol. The Bertz CT molecular complexity index is 446. The smallest absolute Gasteiger partial charge is 0.127 e. The van der Waals surface area contributed by atoms with Crippen molar-refractivity contribution in [3.63, 3.8) is 0 Å². The van der Waals surface area contributed by atoms with E-state index in [1.807, 2.05) is 0 Å². The molecular weight excluding hydrogens is 281 g/mol. The zero-order chi connectivity index (χ0) is 14.5. The third kappa shape index (κ3) is 3.90. The van der Waals surface area contributed by atoms with Gasteiger partial charge < -0.3 is 4.74 Å². The third-order valence-electron chi connectivity index (χ3n) is 3.74. The van der Waals surface area contributed by atoms with Crippen molar-refractivity contribution in [1.29, 1.82) is 0 Å². The van der Waals surface area contributed by atoms with E-state index in [0.29, 0.717) is 23.6 Å². The molecule has 2 rings (SSSR count). The molecule has 0 bridgehead atoms. The van der Waals surface area contributed by atoms with Gasteiger partial charge in [-0.05, 0) is 30.7 Å². The zero-order valence-corrected chi connectivity index (χ0v) is 12.4. The summed E-state index contributed by atoms with van der Waals surface area (Å²) in [6.45, 7) is 5.51. The van der Waals surface area contributed by atoms with Crippen molar-refractivity contribution in [2.75, 3.05) is 26.2 Å². The van der Waals surface area contributed by atoms with Crippen LogP contribution in [0.2, 0.25) is 5.02 Å². The van der Waals surface area contributed by atoms with Gasteiger partial charge in [-0.2, -0.15) is 0 Å². The minimum atomic E-state index is -0.305. The SMILES string of the molecule is CCN1CCOC(C(Cc2ccc(Cl)cc2F)NN)C1. The van der Waals surface area contributed by atoms with E-state index in [-0.39, 0.29) is 18.0 Å². The van der Waals surface area contributed by atoms with Crippen LogP contribution in [0.15, 0.2) is 18.2 Å². The van der Waals surface area contributed by atoms with Crippen molar-refractivity contribution < 1.29 is 9.13 Å². The van der Waals surface area contributed by atoms with Crippen molar-refractivity contribution in [3.05, 3.63) is 34.6 Å². The molecule has 2 atom stereocenters. The van der Waals surface area contributed by atoms with Gasteiger partial charge in [0, 0.05) is 18.1 Å². The van der Waals surface area contributed by atoms with E-state index in [9.17, 15) is 4.39 Å². The number of morpholine rings is 1. The van der Waals surface area contributed by atoms with Gasteiger partial charge in [-0.15, -0.1) is 0 Å². The predicted molar refractivity (Wildman–Crippen MR) is 78.1 cm³/mol. The van der Waals surface area contributed by atoms with Crippen molar-refractivity contribution in [3.8, 4) is 0 Å². The van der Waals surface area contributed by atoms with Crippen molar-refractivity contribution >= 4 is 11.6 Å². The molecule has 0 spiro atoms. The van der Waals surface area contributed by atoms with Gasteiger partial charge in [0.05, 0.1) is 18.8 Å². The highest BCUT2D eigenvalue weighted by Gasteiger charge is 2.27. The number of hydrogen-bond acceptors (Lipinski definition) is 4. The van der Waals surface area contributed by atoms with Crippen LogP contribution in [0.4, 0.5) is 4.39 Å². The molecule has 1 fully saturated rings. The van der Waals surface area contributed by atoms with E-state index in [1.54, 1.807) is 12.1 Å². The molecule has 2 unspecified atom stereocenters. The number of hydrogen-bond donors (Lipinski definition) is 2. The number of nitrogens with two attached hydrogens (primary N) is 1. The maximum Gasteiger partial charge on any atom is 0.127 e. The quantitative estimate of drug-likeness (QED) is 0.640. The van der Waals surface area contributed by atoms with Crippen LogP contribution in [-0.2, 0) is 11.2 Å². The summed E-state index contributed by atoms with van der Waals surface area (Å²) in [5, 5.41) is 0.398. The molecule has 3 N–H and O–H groups in total. The Labute approximate surface area is 124 Å². The summed E-state index contributed by atoms with van der Waals surface area (Å²) < 4.78 is 19.6. The molecule has 1 aromatic carbocycles. The first-order valence-corrected chi connectivity index (χ1v) is 7.25. The number of halogens is 2. The molecule has 20 heavy (non-hydrogen) atoms. The Morgan fingerprint density at radius 1 is 1.60 bits per heavy atom. The number of nitrogens with zero attached hydrogens (tertiary/aromatic N) is 1. The lowest BCUT2D eigenvalue weighted by atomic mass is 10.00. The minimum absolute atomic E-state index is 0.0382. The number of hydrazine groups is 1. The predicted octanol–water partition coefficient (Wildman–Crippen LogP) is 1.57. The average Bonchev–Trinajstić information content (AvgIpc) is 2.46. The molecule has 0 aromatic heterocycles. The van der Waals surface area contributed by atoms with Gasteiger partial charge in [0.1, 0.15) is 5.82 Å². The fraction of sp³-hybridized carbons (Fsp3) is 0.571. The second kappa shape index (κ2) is 7.33. The van der Waals surface area contributed by atoms with E-state index in [0.717, 1.165) is 19.6 Å². The fourth-order valence-electron chi connectivity index (χ4n) is 2.48. The summed E-state index contributed by atoms with van der Waals surface area (Å²) in [7, 11) is 0. The minimum Gasteiger partial charge on any atom is -0.374 e. The average molecular weight is 302 g/mol. The van der Waals surface area contributed by atoms with Crippen LogP contribution in [0.25, 0.3) is 0 Å². The first-order valence-electron chi connectivity index (χ1n) is 6.88. The molecule has 1 saturated heterocycles. The van der Waals surface area contributed by atoms with Crippen LogP contribution in [0.5, 0.6) is 0 Å². The van der Waals surface area contributed by atoms with Crippen LogP contribution in [0, 0.1) is 5.82 Å². The van der Waals surface area contributed by atoms with Crippen LogP contribution in [0.1, 0.15) is 12.5 Å². The van der Waals surface area contributed by atoms with Crippen molar-refractivity contribution in [2.45, 2.75) is 25.5 Å². The number of benzene rings is 1. The summed E-state index contributed by atoms with van der Waals surface area (Å²) in [6.07, 6.45) is 0.436. The Hall–Kier alpha value is -0.720. The van der Waals surface area contributed by atoms with Gasteiger partial charge in [-0.1, -0.05) is 24.6 Å². The van der Waals surface area contributed by atoms with Gasteiger partial charge in [0.25, 0.3) is 0 Å². The van der Waals surface area contributed by atoms with Crippen LogP contribution in [-0.4, -0.2) is 43.3 Å². The standard InChI is InChI=1S/C14H21ClFN3O/c1-2-19-5-6-20-14(9-19)13(18-17)7-10-3-4-11(15)8-12(10)16/h3-4,8,13-14,18H,2,5-7,9,17H2,1H3. The normalized spacial score (nSPS) is 21.9. The van der Waals surface area contributed by atoms with Crippen LogP contribution >= 0.6 is 11.6 Å². The Morgan fingerprint density at radius 2 is 2.40 bits per heavy atom. The molecule has 1 aliphatic heterocycles. The Kier molecular flexibility index (Phi) is 5.74. The summed E-state index contributed by atoms with van der Waals surface area (Å²) in [4.78, 5) is 2.30. The summed E-state index contributed by atoms with van der Waals surface area (Å²) in [5.74, 6) is 5.32. The lowest BCUT2D eigenvalue weighted by Gasteiger charge is -2.36. The molecule has 0 radical (unpaired) electrons. The number of rotatable bonds is 5. The highest BCUT2D eigenvalue weighted by Crippen LogP contribution is 2.18. The molecule has 0 saturated carbocycles. The first kappa shape index (κ1) is 15.7. The molecule has 112 valence electrons. The molecule has 6 heteroatoms. The molecule has 1 aromatic rings. The second-order valence-electron chi connectivity index (χ2n) is 5.02. The zero-order valence-electron chi connectivity index (χ0n) is 11.6. The largest absolute Gasteiger partial charge is 0.374 e. The lowest BCUT2D eigenvalue weighted by Crippen LogP contribution is -2.54. The molecule has 0 aliphatic carbocycles. The summed E-state index contributed by atoms with van der Waals surface area (Å²) >= 11 is 5.76. The molecule has 1 heterocycles. The van der Waals surface area contributed by atoms with Crippen LogP contribution < -0.4 is 11.3 Å². The number of likely N-dealkylation sites (N-methyl/N-ethyl adjacent to an activating group) is 1. The van der Waals surface area contributed by atoms with Gasteiger partial charge in [0.2, 0.25) is 0 Å². The summed E-state index contributed by atoms with van der Waals surface area (Å²) in [6, 6.07) is 4.58. The van der Waals surface area contributed by atoms with Crippen LogP contribution in [0.3, 0.4) is 0 Å². The van der Waals surface area contributed by atoms with E-state index < -0.39 is 0 Å². The number of nitrogens with one attached hydrogen (secondary N) is 1. The Morgan fingerprint density at radius 3 is 3.05 bits per heavy atom. The van der Waals surface area contributed by atoms with Gasteiger partial charge >= 0.3 is 0 Å². The maximum absolute atomic E-state index is 13.9. The van der Waals surface area contributed by atoms with Crippen molar-refractivity contribution in [2.24, 2.45) is 5.84 Å². The van der Waals surface area contributed by atoms with E-state index >= 15 is 0 Å². The third-order valence-corrected chi connectivity index (χ3v) is 3.98. The van der Waals surface area contributed by atoms with E-state index in [4.69, 9.17) is 22.2 Å². The highest BCUT2D eigenvalue weighted by atomic mass is 35.5. The van der Waals surface area contributed by atoms with E-state index in [1.165, 1.54) is 6.07 Å². The van der Waals surface area contributed by atoms with Gasteiger partial charge in [-0.3, -0.25) is 16.2 Å². The molecule has 1 aliphatic rings. The molecule has 0 amide bonds. The van der Waals surface area contributed by atoms with Crippen molar-refractivity contribution in [1.82, 2.24) is 10.3 Å². The highest BCUT2D eigenvalue weighted by molar-refractivity contribution is 6.30. The fourth-order valence-corrected chi connectivity index (χ4v) is 2.64. The lowest BCUT2D eigenvalue weighted by molar-refractivity contribution is -0.0448. The maximum atomic E-state index is 13.9. The topological polar surface area (TPSA) is 50.5 Å².